The summed E-state index contributed by atoms with van der Waals surface area (Å²) < 4.78 is 7.72. The second-order valence-electron chi connectivity index (χ2n) is 9.29. The highest BCUT2D eigenvalue weighted by atomic mass is 32.2. The van der Waals surface area contributed by atoms with E-state index in [1.165, 1.54) is 17.8 Å². The van der Waals surface area contributed by atoms with Crippen LogP contribution < -0.4 is 4.74 Å². The molecule has 10 heteroatoms. The highest BCUT2D eigenvalue weighted by Gasteiger charge is 2.33. The van der Waals surface area contributed by atoms with Crippen molar-refractivity contribution < 1.29 is 14.5 Å². The number of para-hydroxylation sites is 1. The van der Waals surface area contributed by atoms with Crippen molar-refractivity contribution in [3.8, 4) is 22.7 Å². The van der Waals surface area contributed by atoms with Gasteiger partial charge in [0, 0.05) is 29.9 Å². The first-order valence-corrected chi connectivity index (χ1v) is 14.4. The van der Waals surface area contributed by atoms with Gasteiger partial charge in [-0.1, -0.05) is 75.3 Å². The molecule has 1 aliphatic heterocycles. The standard InChI is InChI=1S/C29H32N4O4S2/c1-4-7-11-20(5-2)18-31-28(34)26(39-29(31)38)17-22-19-32(23-12-9-8-10-13-23)30-27(22)21-14-15-25(37-6-3)24(16-21)33(35)36/h8-10,12-17,19-20H,4-7,11,18H2,1-3H3/b26-17-/t20-/m0/s1. The summed E-state index contributed by atoms with van der Waals surface area (Å²) >= 11 is 6.88. The molecule has 1 aromatic heterocycles. The lowest BCUT2D eigenvalue weighted by Crippen LogP contribution is -2.33. The van der Waals surface area contributed by atoms with Crippen LogP contribution in [0.1, 0.15) is 52.0 Å². The quantitative estimate of drug-likeness (QED) is 0.0989. The van der Waals surface area contributed by atoms with Gasteiger partial charge in [0.25, 0.3) is 5.91 Å². The van der Waals surface area contributed by atoms with Gasteiger partial charge in [0.1, 0.15) is 10.0 Å². The summed E-state index contributed by atoms with van der Waals surface area (Å²) in [5, 5.41) is 16.6. The summed E-state index contributed by atoms with van der Waals surface area (Å²) in [7, 11) is 0. The van der Waals surface area contributed by atoms with Gasteiger partial charge in [-0.05, 0) is 49.6 Å². The molecular formula is C29H32N4O4S2. The van der Waals surface area contributed by atoms with Gasteiger partial charge >= 0.3 is 5.69 Å². The molecule has 0 spiro atoms. The highest BCUT2D eigenvalue weighted by Crippen LogP contribution is 2.38. The number of ether oxygens (including phenoxy) is 1. The Hall–Kier alpha value is -3.50. The van der Waals surface area contributed by atoms with Crippen molar-refractivity contribution in [3.05, 3.63) is 75.3 Å². The van der Waals surface area contributed by atoms with E-state index in [2.05, 4.69) is 13.8 Å². The Morgan fingerprint density at radius 2 is 1.95 bits per heavy atom. The fraction of sp³-hybridized carbons (Fsp3) is 0.345. The number of thiocarbonyl (C=S) groups is 1. The van der Waals surface area contributed by atoms with Crippen LogP contribution in [0.2, 0.25) is 0 Å². The number of aromatic nitrogens is 2. The summed E-state index contributed by atoms with van der Waals surface area (Å²) in [6, 6.07) is 14.4. The van der Waals surface area contributed by atoms with Crippen LogP contribution >= 0.6 is 24.0 Å². The van der Waals surface area contributed by atoms with E-state index < -0.39 is 4.92 Å². The van der Waals surface area contributed by atoms with Gasteiger partial charge in [-0.2, -0.15) is 5.10 Å². The predicted molar refractivity (Wildman–Crippen MR) is 160 cm³/mol. The Balaban J connectivity index is 1.74. The molecule has 0 unspecified atom stereocenters. The van der Waals surface area contributed by atoms with Crippen LogP contribution in [0.3, 0.4) is 0 Å². The van der Waals surface area contributed by atoms with E-state index in [1.807, 2.05) is 36.5 Å². The summed E-state index contributed by atoms with van der Waals surface area (Å²) in [6.07, 6.45) is 7.91. The lowest BCUT2D eigenvalue weighted by molar-refractivity contribution is -0.385. The van der Waals surface area contributed by atoms with Crippen molar-refractivity contribution in [2.75, 3.05) is 13.2 Å². The second-order valence-corrected chi connectivity index (χ2v) is 11.0. The van der Waals surface area contributed by atoms with Crippen LogP contribution in [0.5, 0.6) is 5.75 Å². The number of thioether (sulfide) groups is 1. The van der Waals surface area contributed by atoms with Gasteiger partial charge in [-0.25, -0.2) is 4.68 Å². The smallest absolute Gasteiger partial charge is 0.311 e. The SMILES string of the molecule is CCCC[C@H](CC)CN1C(=O)/C(=C/c2cn(-c3ccccc3)nc2-c2ccc(OCC)c([N+](=O)[O-])c2)SC1=S. The third-order valence-corrected chi connectivity index (χ3v) is 8.01. The number of hydrogen-bond donors (Lipinski definition) is 0. The number of carbonyl (C=O) groups excluding carboxylic acids is 1. The van der Waals surface area contributed by atoms with Crippen molar-refractivity contribution >= 4 is 46.0 Å². The molecule has 8 nitrogen and oxygen atoms in total. The van der Waals surface area contributed by atoms with Gasteiger partial charge in [-0.15, -0.1) is 0 Å². The van der Waals surface area contributed by atoms with Crippen molar-refractivity contribution in [3.63, 3.8) is 0 Å². The van der Waals surface area contributed by atoms with Crippen LogP contribution in [0.25, 0.3) is 23.0 Å². The molecule has 0 bridgehead atoms. The van der Waals surface area contributed by atoms with Crippen LogP contribution in [-0.2, 0) is 4.79 Å². The fourth-order valence-electron chi connectivity index (χ4n) is 4.49. The molecule has 1 aliphatic rings. The van der Waals surface area contributed by atoms with E-state index in [9.17, 15) is 14.9 Å². The number of amides is 1. The maximum absolute atomic E-state index is 13.4. The van der Waals surface area contributed by atoms with E-state index in [1.54, 1.807) is 34.7 Å². The number of unbranched alkanes of at least 4 members (excludes halogenated alkanes) is 1. The average molecular weight is 565 g/mol. The summed E-state index contributed by atoms with van der Waals surface area (Å²) in [5.74, 6) is 0.480. The molecule has 0 saturated carbocycles. The van der Waals surface area contributed by atoms with Crippen molar-refractivity contribution in [1.29, 1.82) is 0 Å². The number of carbonyl (C=O) groups is 1. The number of nitro benzene ring substituents is 1. The van der Waals surface area contributed by atoms with Crippen molar-refractivity contribution in [1.82, 2.24) is 14.7 Å². The first-order valence-electron chi connectivity index (χ1n) is 13.2. The lowest BCUT2D eigenvalue weighted by atomic mass is 9.99. The molecule has 1 amide bonds. The molecule has 0 N–H and O–H groups in total. The molecule has 0 aliphatic carbocycles. The largest absolute Gasteiger partial charge is 0.487 e. The zero-order valence-corrected chi connectivity index (χ0v) is 24.0. The highest BCUT2D eigenvalue weighted by molar-refractivity contribution is 8.26. The van der Waals surface area contributed by atoms with Gasteiger partial charge in [0.2, 0.25) is 0 Å². The predicted octanol–water partition coefficient (Wildman–Crippen LogP) is 7.26. The Bertz CT molecular complexity index is 1390. The molecule has 204 valence electrons. The maximum atomic E-state index is 13.4. The third-order valence-electron chi connectivity index (χ3n) is 6.64. The number of benzene rings is 2. The third kappa shape index (κ3) is 6.57. The molecule has 1 fully saturated rings. The van der Waals surface area contributed by atoms with Crippen LogP contribution in [0.4, 0.5) is 5.69 Å². The first kappa shape index (κ1) is 28.5. The molecule has 3 aromatic rings. The number of hydrogen-bond acceptors (Lipinski definition) is 7. The molecule has 0 radical (unpaired) electrons. The second kappa shape index (κ2) is 13.0. The molecule has 2 aromatic carbocycles. The minimum Gasteiger partial charge on any atom is -0.487 e. The van der Waals surface area contributed by atoms with Crippen LogP contribution in [0, 0.1) is 16.0 Å². The number of nitro groups is 1. The summed E-state index contributed by atoms with van der Waals surface area (Å²) in [4.78, 5) is 27.0. The molecule has 1 atom stereocenters. The van der Waals surface area contributed by atoms with E-state index in [-0.39, 0.29) is 17.3 Å². The van der Waals surface area contributed by atoms with Gasteiger partial charge in [0.15, 0.2) is 5.75 Å². The molecule has 1 saturated heterocycles. The number of rotatable bonds is 12. The van der Waals surface area contributed by atoms with E-state index in [4.69, 9.17) is 22.1 Å². The summed E-state index contributed by atoms with van der Waals surface area (Å²) in [6.45, 7) is 7.02. The molecule has 2 heterocycles. The van der Waals surface area contributed by atoms with Crippen LogP contribution in [0.15, 0.2) is 59.6 Å². The number of nitrogens with zero attached hydrogens (tertiary/aromatic N) is 4. The minimum absolute atomic E-state index is 0.115. The Kier molecular flexibility index (Phi) is 9.53. The molecular weight excluding hydrogens is 532 g/mol. The van der Waals surface area contributed by atoms with Gasteiger partial charge in [-0.3, -0.25) is 19.8 Å². The van der Waals surface area contributed by atoms with Crippen LogP contribution in [-0.4, -0.2) is 43.0 Å². The topological polar surface area (TPSA) is 90.5 Å². The maximum Gasteiger partial charge on any atom is 0.311 e. The zero-order chi connectivity index (χ0) is 27.9. The molecule has 39 heavy (non-hydrogen) atoms. The first-order chi connectivity index (χ1) is 18.9. The van der Waals surface area contributed by atoms with Gasteiger partial charge < -0.3 is 4.74 Å². The Morgan fingerprint density at radius 1 is 1.18 bits per heavy atom. The zero-order valence-electron chi connectivity index (χ0n) is 22.3. The fourth-order valence-corrected chi connectivity index (χ4v) is 5.76. The van der Waals surface area contributed by atoms with Crippen molar-refractivity contribution in [2.24, 2.45) is 5.92 Å². The normalized spacial score (nSPS) is 15.3. The van der Waals surface area contributed by atoms with Gasteiger partial charge in [0.05, 0.1) is 22.1 Å². The Morgan fingerprint density at radius 3 is 2.62 bits per heavy atom. The summed E-state index contributed by atoms with van der Waals surface area (Å²) in [5.41, 5.74) is 2.42. The van der Waals surface area contributed by atoms with E-state index in [0.29, 0.717) is 45.1 Å². The van der Waals surface area contributed by atoms with E-state index in [0.717, 1.165) is 31.4 Å². The van der Waals surface area contributed by atoms with E-state index >= 15 is 0 Å². The monoisotopic (exact) mass is 564 g/mol. The molecule has 4 rings (SSSR count). The Labute approximate surface area is 238 Å². The average Bonchev–Trinajstić information content (AvgIpc) is 3.47. The minimum atomic E-state index is -0.462. The lowest BCUT2D eigenvalue weighted by Gasteiger charge is -2.21. The van der Waals surface area contributed by atoms with Crippen molar-refractivity contribution in [2.45, 2.75) is 46.5 Å².